The maximum atomic E-state index is 15.0. The SMILES string of the molecule is CCCC(=O)OCN(C(=O)[C@@H](NC(=O)[C@H]1CCCCN1C)C(C)CC)[C@H](C[C@@H](OC(C)=O)c1nc(C(=O)N[C@@H](Cc2ccc(O)cc2)C[C@H](C)C(=O)NNC(=O)OCCSSCCNC(=O)[C@H](C)NC(=O)[C@H](CC(=O)O)NC(=O)Cc2ccc(CNC(=O)NCCCC[C@H](NC(=O)N[C@@H](CCC(=O)O)C(=O)O)C(=O)O)cc2)cs1)C(C)C. The van der Waals surface area contributed by atoms with Crippen molar-refractivity contribution < 1.29 is 116 Å². The monoisotopic (exact) mass is 1700 g/mol. The average Bonchev–Trinajstić information content (AvgIpc) is 1.27. The molecule has 2 aromatic carbocycles. The first-order valence-electron chi connectivity index (χ1n) is 38.6. The number of nitrogens with zero attached hydrogens (tertiary/aromatic N) is 3. The van der Waals surface area contributed by atoms with Crippen LogP contribution in [0.4, 0.5) is 14.4 Å². The number of carbonyl (C=O) groups excluding carboxylic acids is 12. The van der Waals surface area contributed by atoms with Gasteiger partial charge >= 0.3 is 54.0 Å². The number of carbonyl (C=O) groups is 16. The molecule has 0 radical (unpaired) electrons. The van der Waals surface area contributed by atoms with Gasteiger partial charge in [0.05, 0.1) is 18.9 Å². The molecule has 1 saturated heterocycles. The van der Waals surface area contributed by atoms with Crippen LogP contribution in [0, 0.1) is 17.8 Å². The van der Waals surface area contributed by atoms with Crippen LogP contribution in [0.3, 0.4) is 0 Å². The summed E-state index contributed by atoms with van der Waals surface area (Å²) < 4.78 is 16.8. The molecule has 4 rings (SSSR count). The van der Waals surface area contributed by atoms with Crippen LogP contribution in [0.2, 0.25) is 0 Å². The highest BCUT2D eigenvalue weighted by Crippen LogP contribution is 2.33. The summed E-state index contributed by atoms with van der Waals surface area (Å²) in [6, 6.07) is 2.33. The van der Waals surface area contributed by atoms with Gasteiger partial charge in [0.1, 0.15) is 53.3 Å². The van der Waals surface area contributed by atoms with E-state index in [2.05, 4.69) is 58.4 Å². The number of hydrazine groups is 1. The zero-order valence-electron chi connectivity index (χ0n) is 67.2. The van der Waals surface area contributed by atoms with E-state index in [1.165, 1.54) is 57.8 Å². The van der Waals surface area contributed by atoms with Gasteiger partial charge in [-0.2, -0.15) is 0 Å². The Morgan fingerprint density at radius 3 is 1.95 bits per heavy atom. The second kappa shape index (κ2) is 52.2. The summed E-state index contributed by atoms with van der Waals surface area (Å²) in [5, 5.41) is 71.7. The normalized spacial score (nSPS) is 15.1. The number of carboxylic acids is 4. The number of likely N-dealkylation sites (N-methyl/N-ethyl adjacent to an activating group) is 1. The molecule has 1 fully saturated rings. The minimum absolute atomic E-state index is 0.000210. The first kappa shape index (κ1) is 98.8. The largest absolute Gasteiger partial charge is 0.508 e. The molecule has 0 aliphatic carbocycles. The lowest BCUT2D eigenvalue weighted by molar-refractivity contribution is -0.160. The number of aromatic nitrogens is 1. The summed E-state index contributed by atoms with van der Waals surface area (Å²) in [4.78, 5) is 213. The number of unbranched alkanes of at least 4 members (excludes halogenated alkanes) is 1. The van der Waals surface area contributed by atoms with Gasteiger partial charge in [0.25, 0.3) is 5.91 Å². The summed E-state index contributed by atoms with van der Waals surface area (Å²) in [5.41, 5.74) is 6.27. The maximum absolute atomic E-state index is 15.0. The molecule has 11 atom stereocenters. The van der Waals surface area contributed by atoms with Gasteiger partial charge in [-0.1, -0.05) is 112 Å². The summed E-state index contributed by atoms with van der Waals surface area (Å²) in [7, 11) is 4.48. The Morgan fingerprint density at radius 2 is 1.32 bits per heavy atom. The topological polar surface area (TPSA) is 554 Å². The third-order valence-electron chi connectivity index (χ3n) is 18.7. The quantitative estimate of drug-likeness (QED) is 0.00931. The predicted octanol–water partition coefficient (Wildman–Crippen LogP) is 4.38. The molecule has 0 spiro atoms. The lowest BCUT2D eigenvalue weighted by atomic mass is 9.92. The number of amides is 12. The Morgan fingerprint density at radius 1 is 0.667 bits per heavy atom. The zero-order chi connectivity index (χ0) is 86.8. The number of nitrogens with one attached hydrogen (secondary N) is 11. The number of urea groups is 2. The molecule has 1 unspecified atom stereocenters. The number of phenolic OH excluding ortho intramolecular Hbond substituents is 1. The second-order valence-electron chi connectivity index (χ2n) is 28.5. The Kier molecular flexibility index (Phi) is 44.1. The van der Waals surface area contributed by atoms with E-state index in [-0.39, 0.29) is 111 Å². The fraction of sp³-hybridized carbons (Fsp3) is 0.592. The maximum Gasteiger partial charge on any atom is 0.426 e. The van der Waals surface area contributed by atoms with Crippen molar-refractivity contribution >= 4 is 128 Å². The van der Waals surface area contributed by atoms with Crippen molar-refractivity contribution in [2.75, 3.05) is 51.5 Å². The van der Waals surface area contributed by atoms with Crippen molar-refractivity contribution in [3.8, 4) is 5.75 Å². The van der Waals surface area contributed by atoms with E-state index in [0.717, 1.165) is 30.7 Å². The molecule has 41 heteroatoms. The minimum Gasteiger partial charge on any atom is -0.508 e. The third kappa shape index (κ3) is 37.5. The van der Waals surface area contributed by atoms with Gasteiger partial charge in [-0.25, -0.2) is 34.4 Å². The van der Waals surface area contributed by atoms with Crippen molar-refractivity contribution in [1.82, 2.24) is 73.5 Å². The van der Waals surface area contributed by atoms with Gasteiger partial charge in [-0.05, 0) is 119 Å². The first-order valence-corrected chi connectivity index (χ1v) is 41.9. The summed E-state index contributed by atoms with van der Waals surface area (Å²) >= 11 is 1.03. The molecule has 0 bridgehead atoms. The molecule has 117 heavy (non-hydrogen) atoms. The molecule has 648 valence electrons. The van der Waals surface area contributed by atoms with Crippen molar-refractivity contribution in [2.45, 2.75) is 219 Å². The highest BCUT2D eigenvalue weighted by molar-refractivity contribution is 8.76. The number of likely N-dealkylation sites (tertiary alicyclic amines) is 1. The number of aromatic hydroxyl groups is 1. The molecule has 38 nitrogen and oxygen atoms in total. The highest BCUT2D eigenvalue weighted by Gasteiger charge is 2.40. The van der Waals surface area contributed by atoms with Gasteiger partial charge < -0.3 is 92.5 Å². The van der Waals surface area contributed by atoms with E-state index in [0.29, 0.717) is 48.1 Å². The fourth-order valence-corrected chi connectivity index (χ4v) is 14.6. The standard InChI is InChI=1S/C76H112N14O24S3/c1-10-16-63(98)113-42-90(71(104)64(44(5)11-2)86-69(103)57-18-13-15-31-89(57)9)58(43(3)4)39-59(114-47(8)91)70-83-56(41-115-70)68(102)81-51(36-48-23-25-52(92)26-24-48)35-45(6)65(99)87-88-76(111)112-32-34-117-116-33-30-77-66(100)46(7)80-67(101)55(38-62(96)97)82-60(93)37-49-19-21-50(22-20-49)40-79-74(109)78-29-14-12-17-53(72(105)106)84-75(110)85-54(73(107)108)27-28-61(94)95/h19-26,41,43-46,51,53-55,57-59,64,92H,10-18,27-40,42H2,1-9H3,(H,77,100)(H,80,101)(H,81,102)(H,82,93)(H,86,103)(H,87,99)(H,88,111)(H,94,95)(H,96,97)(H,105,106)(H,107,108)(H2,78,79,109)(H2,84,85,110)/t44?,45-,46-,51+,53-,54-,55-,57+,58+,59+,64-/m0/s1. The lowest BCUT2D eigenvalue weighted by Crippen LogP contribution is -2.59. The Labute approximate surface area is 690 Å². The van der Waals surface area contributed by atoms with E-state index in [1.54, 1.807) is 43.3 Å². The fourth-order valence-electron chi connectivity index (χ4n) is 12.0. The molecule has 3 aromatic rings. The number of aliphatic carboxylic acids is 4. The van der Waals surface area contributed by atoms with Gasteiger partial charge in [-0.15, -0.1) is 11.3 Å². The molecule has 1 aliphatic heterocycles. The molecule has 0 saturated carbocycles. The van der Waals surface area contributed by atoms with E-state index in [1.807, 2.05) is 51.9 Å². The van der Waals surface area contributed by atoms with Gasteiger partial charge in [0.15, 0.2) is 12.8 Å². The predicted molar refractivity (Wildman–Crippen MR) is 429 cm³/mol. The average molecular weight is 1700 g/mol. The summed E-state index contributed by atoms with van der Waals surface area (Å²) in [6.07, 6.45) is 0.0120. The van der Waals surface area contributed by atoms with Crippen molar-refractivity contribution in [3.63, 3.8) is 0 Å². The number of piperidine rings is 1. The number of phenols is 1. The second-order valence-corrected chi connectivity index (χ2v) is 32.1. The molecule has 1 aliphatic rings. The number of hydrogen-bond acceptors (Lipinski definition) is 25. The number of rotatable bonds is 51. The lowest BCUT2D eigenvalue weighted by Gasteiger charge is -2.39. The van der Waals surface area contributed by atoms with Gasteiger partial charge in [-0.3, -0.25) is 63.1 Å². The smallest absolute Gasteiger partial charge is 0.426 e. The number of benzene rings is 2. The first-order chi connectivity index (χ1) is 55.5. The summed E-state index contributed by atoms with van der Waals surface area (Å²) in [6.45, 7) is 13.9. The summed E-state index contributed by atoms with van der Waals surface area (Å²) in [5.74, 6) is -12.0. The van der Waals surface area contributed by atoms with Crippen LogP contribution < -0.4 is 58.7 Å². The number of carboxylic acid groups (broad SMARTS) is 4. The Balaban J connectivity index is 1.21. The number of esters is 2. The Hall–Kier alpha value is -10.6. The van der Waals surface area contributed by atoms with Crippen LogP contribution in [0.15, 0.2) is 53.9 Å². The number of hydrogen-bond donors (Lipinski definition) is 16. The molecular formula is C76H112N14O24S3. The van der Waals surface area contributed by atoms with Crippen molar-refractivity contribution in [3.05, 3.63) is 81.3 Å². The molecule has 1 aromatic heterocycles. The molecular weight excluding hydrogens is 1590 g/mol. The van der Waals surface area contributed by atoms with E-state index in [9.17, 15) is 92.3 Å². The van der Waals surface area contributed by atoms with E-state index >= 15 is 4.79 Å². The minimum atomic E-state index is -1.56. The van der Waals surface area contributed by atoms with Crippen LogP contribution in [0.5, 0.6) is 5.75 Å². The van der Waals surface area contributed by atoms with Crippen molar-refractivity contribution in [1.29, 1.82) is 0 Å². The molecule has 12 amide bonds. The highest BCUT2D eigenvalue weighted by atomic mass is 33.1. The van der Waals surface area contributed by atoms with E-state index < -0.39 is 176 Å². The van der Waals surface area contributed by atoms with Crippen LogP contribution in [0.1, 0.15) is 184 Å². The van der Waals surface area contributed by atoms with E-state index in [4.69, 9.17) is 19.3 Å². The molecule has 2 heterocycles. The molecule has 16 N–H and O–H groups in total. The Bertz CT molecular complexity index is 3820. The third-order valence-corrected chi connectivity index (χ3v) is 22.0. The van der Waals surface area contributed by atoms with Crippen LogP contribution in [0.25, 0.3) is 0 Å². The van der Waals surface area contributed by atoms with Gasteiger partial charge in [0, 0.05) is 80.7 Å². The zero-order valence-corrected chi connectivity index (χ0v) is 69.6. The number of ether oxygens (including phenoxy) is 3. The number of thiazole rings is 1. The van der Waals surface area contributed by atoms with Crippen LogP contribution in [-0.2, 0) is 91.1 Å². The van der Waals surface area contributed by atoms with Crippen molar-refractivity contribution in [2.24, 2.45) is 17.8 Å². The van der Waals surface area contributed by atoms with Crippen LogP contribution >= 0.6 is 32.9 Å². The van der Waals surface area contributed by atoms with Gasteiger partial charge in [0.2, 0.25) is 35.4 Å². The van der Waals surface area contributed by atoms with Crippen LogP contribution in [-0.4, -0.2) is 235 Å².